The van der Waals surface area contributed by atoms with Crippen molar-refractivity contribution in [1.82, 2.24) is 19.7 Å². The van der Waals surface area contributed by atoms with Gasteiger partial charge in [-0.2, -0.15) is 5.10 Å². The number of aryl methyl sites for hydroxylation is 1. The minimum atomic E-state index is -0.432. The summed E-state index contributed by atoms with van der Waals surface area (Å²) in [6, 6.07) is 7.69. The Bertz CT molecular complexity index is 1270. The maximum Gasteiger partial charge on any atom is 0.291 e. The second-order valence-corrected chi connectivity index (χ2v) is 11.2. The van der Waals surface area contributed by atoms with Gasteiger partial charge in [0, 0.05) is 23.9 Å². The van der Waals surface area contributed by atoms with E-state index in [1.165, 1.54) is 43.2 Å². The summed E-state index contributed by atoms with van der Waals surface area (Å²) >= 11 is 0. The quantitative estimate of drug-likeness (QED) is 0.625. The summed E-state index contributed by atoms with van der Waals surface area (Å²) in [5.74, 6) is 2.59. The molecule has 6 nitrogen and oxygen atoms in total. The number of amides is 1. The standard InChI is InChI=1S/C27H34N4O2/c1-4-22(25(32)29-16(2)27-12-17-9-18(13-27)11-19(10-17)14-27)31-23-8-6-5-7-20(23)21-15-28-30(3)26(33)24(21)31/h5-8,15-19,22H,4,9-14H2,1-3H3,(H,29,32). The molecule has 1 aromatic carbocycles. The Hall–Kier alpha value is -2.63. The molecule has 4 fully saturated rings. The van der Waals surface area contributed by atoms with Crippen LogP contribution in [0.25, 0.3) is 21.8 Å². The Labute approximate surface area is 194 Å². The van der Waals surface area contributed by atoms with E-state index in [0.29, 0.717) is 11.9 Å². The maximum atomic E-state index is 13.8. The molecule has 2 unspecified atom stereocenters. The topological polar surface area (TPSA) is 68.9 Å². The van der Waals surface area contributed by atoms with Gasteiger partial charge in [0.1, 0.15) is 11.6 Å². The van der Waals surface area contributed by atoms with Crippen LogP contribution in [0.5, 0.6) is 0 Å². The van der Waals surface area contributed by atoms with Gasteiger partial charge in [-0.15, -0.1) is 0 Å². The molecular formula is C27H34N4O2. The van der Waals surface area contributed by atoms with Crippen LogP contribution in [0, 0.1) is 23.2 Å². The van der Waals surface area contributed by atoms with Crippen LogP contribution in [-0.2, 0) is 11.8 Å². The molecule has 2 heterocycles. The Morgan fingerprint density at radius 3 is 2.39 bits per heavy atom. The molecule has 3 aromatic rings. The van der Waals surface area contributed by atoms with Gasteiger partial charge < -0.3 is 9.88 Å². The van der Waals surface area contributed by atoms with Gasteiger partial charge in [-0.05, 0) is 81.1 Å². The first kappa shape index (κ1) is 20.9. The smallest absolute Gasteiger partial charge is 0.291 e. The molecule has 0 spiro atoms. The van der Waals surface area contributed by atoms with Crippen LogP contribution >= 0.6 is 0 Å². The zero-order valence-electron chi connectivity index (χ0n) is 19.9. The molecule has 1 N–H and O–H groups in total. The Kier molecular flexibility index (Phi) is 4.72. The Morgan fingerprint density at radius 2 is 1.76 bits per heavy atom. The van der Waals surface area contributed by atoms with Crippen molar-refractivity contribution >= 4 is 27.7 Å². The third-order valence-electron chi connectivity index (χ3n) is 9.17. The lowest BCUT2D eigenvalue weighted by molar-refractivity contribution is -0.129. The Morgan fingerprint density at radius 1 is 1.12 bits per heavy atom. The summed E-state index contributed by atoms with van der Waals surface area (Å²) in [5.41, 5.74) is 1.58. The second kappa shape index (κ2) is 7.44. The highest BCUT2D eigenvalue weighted by Gasteiger charge is 2.53. The van der Waals surface area contributed by atoms with Gasteiger partial charge in [0.05, 0.1) is 11.7 Å². The van der Waals surface area contributed by atoms with Crippen molar-refractivity contribution < 1.29 is 4.79 Å². The van der Waals surface area contributed by atoms with Crippen LogP contribution in [0.3, 0.4) is 0 Å². The van der Waals surface area contributed by atoms with E-state index in [-0.39, 0.29) is 22.9 Å². The van der Waals surface area contributed by atoms with Gasteiger partial charge in [0.2, 0.25) is 5.91 Å². The fraction of sp³-hybridized carbons (Fsp3) is 0.593. The molecule has 33 heavy (non-hydrogen) atoms. The number of nitrogens with one attached hydrogen (secondary N) is 1. The molecule has 4 saturated carbocycles. The molecule has 0 saturated heterocycles. The zero-order valence-corrected chi connectivity index (χ0v) is 19.9. The fourth-order valence-electron chi connectivity index (χ4n) is 7.97. The molecular weight excluding hydrogens is 412 g/mol. The molecule has 4 aliphatic rings. The minimum absolute atomic E-state index is 0.0299. The molecule has 2 atom stereocenters. The third kappa shape index (κ3) is 3.09. The molecule has 4 bridgehead atoms. The van der Waals surface area contributed by atoms with Crippen LogP contribution < -0.4 is 10.9 Å². The number of hydrogen-bond donors (Lipinski definition) is 1. The van der Waals surface area contributed by atoms with Crippen LogP contribution in [0.2, 0.25) is 0 Å². The predicted molar refractivity (Wildman–Crippen MR) is 130 cm³/mol. The zero-order chi connectivity index (χ0) is 22.9. The van der Waals surface area contributed by atoms with E-state index in [1.54, 1.807) is 13.2 Å². The molecule has 174 valence electrons. The van der Waals surface area contributed by atoms with E-state index in [4.69, 9.17) is 0 Å². The SMILES string of the molecule is CCC(C(=O)NC(C)C12CC3CC(CC(C3)C1)C2)n1c2ccccc2c2cnn(C)c(=O)c21. The number of fused-ring (bicyclic) bond motifs is 3. The highest BCUT2D eigenvalue weighted by Crippen LogP contribution is 2.61. The number of carbonyl (C=O) groups is 1. The predicted octanol–water partition coefficient (Wildman–Crippen LogP) is 4.56. The van der Waals surface area contributed by atoms with E-state index in [1.807, 2.05) is 35.8 Å². The first-order valence-electron chi connectivity index (χ1n) is 12.7. The summed E-state index contributed by atoms with van der Waals surface area (Å²) in [5, 5.41) is 9.48. The van der Waals surface area contributed by atoms with Gasteiger partial charge >= 0.3 is 0 Å². The van der Waals surface area contributed by atoms with E-state index < -0.39 is 6.04 Å². The lowest BCUT2D eigenvalue weighted by atomic mass is 9.48. The summed E-state index contributed by atoms with van der Waals surface area (Å²) < 4.78 is 3.33. The number of carbonyl (C=O) groups excluding carboxylic acids is 1. The van der Waals surface area contributed by atoms with Crippen molar-refractivity contribution in [3.05, 3.63) is 40.8 Å². The fourth-order valence-corrected chi connectivity index (χ4v) is 7.97. The second-order valence-electron chi connectivity index (χ2n) is 11.2. The first-order chi connectivity index (χ1) is 15.9. The minimum Gasteiger partial charge on any atom is -0.351 e. The largest absolute Gasteiger partial charge is 0.351 e. The van der Waals surface area contributed by atoms with Crippen LogP contribution in [0.4, 0.5) is 0 Å². The number of para-hydroxylation sites is 1. The number of benzene rings is 1. The van der Waals surface area contributed by atoms with E-state index in [9.17, 15) is 9.59 Å². The lowest BCUT2D eigenvalue weighted by Crippen LogP contribution is -2.56. The molecule has 1 amide bonds. The van der Waals surface area contributed by atoms with Crippen LogP contribution in [-0.4, -0.2) is 26.3 Å². The van der Waals surface area contributed by atoms with Crippen LogP contribution in [0.15, 0.2) is 35.3 Å². The third-order valence-corrected chi connectivity index (χ3v) is 9.17. The monoisotopic (exact) mass is 446 g/mol. The number of hydrogen-bond acceptors (Lipinski definition) is 3. The van der Waals surface area contributed by atoms with Gasteiger partial charge in [-0.1, -0.05) is 25.1 Å². The maximum absolute atomic E-state index is 13.8. The van der Waals surface area contributed by atoms with Crippen molar-refractivity contribution in [2.45, 2.75) is 70.9 Å². The van der Waals surface area contributed by atoms with Crippen LogP contribution in [0.1, 0.15) is 64.8 Å². The molecule has 7 rings (SSSR count). The van der Waals surface area contributed by atoms with Crippen molar-refractivity contribution in [1.29, 1.82) is 0 Å². The number of aromatic nitrogens is 3. The highest BCUT2D eigenvalue weighted by atomic mass is 16.2. The van der Waals surface area contributed by atoms with Crippen molar-refractivity contribution in [2.24, 2.45) is 30.2 Å². The molecule has 6 heteroatoms. The van der Waals surface area contributed by atoms with E-state index in [0.717, 1.165) is 34.0 Å². The highest BCUT2D eigenvalue weighted by molar-refractivity contribution is 6.08. The average Bonchev–Trinajstić information content (AvgIpc) is 3.11. The summed E-state index contributed by atoms with van der Waals surface area (Å²) in [6.07, 6.45) is 10.4. The summed E-state index contributed by atoms with van der Waals surface area (Å²) in [6.45, 7) is 4.26. The average molecular weight is 447 g/mol. The first-order valence-corrected chi connectivity index (χ1v) is 12.7. The van der Waals surface area contributed by atoms with Crippen molar-refractivity contribution in [2.75, 3.05) is 0 Å². The van der Waals surface area contributed by atoms with Gasteiger partial charge in [-0.3, -0.25) is 9.59 Å². The molecule has 2 aromatic heterocycles. The van der Waals surface area contributed by atoms with Crippen molar-refractivity contribution in [3.63, 3.8) is 0 Å². The van der Waals surface area contributed by atoms with Gasteiger partial charge in [0.25, 0.3) is 5.56 Å². The lowest BCUT2D eigenvalue weighted by Gasteiger charge is -2.59. The molecule has 4 aliphatic carbocycles. The number of rotatable bonds is 5. The van der Waals surface area contributed by atoms with Gasteiger partial charge in [-0.25, -0.2) is 4.68 Å². The van der Waals surface area contributed by atoms with Crippen molar-refractivity contribution in [3.8, 4) is 0 Å². The Balaban J connectivity index is 1.38. The van der Waals surface area contributed by atoms with Gasteiger partial charge in [0.15, 0.2) is 0 Å². The summed E-state index contributed by atoms with van der Waals surface area (Å²) in [7, 11) is 1.67. The summed E-state index contributed by atoms with van der Waals surface area (Å²) in [4.78, 5) is 27.0. The van der Waals surface area contributed by atoms with E-state index >= 15 is 0 Å². The molecule has 0 aliphatic heterocycles. The number of nitrogens with zero attached hydrogens (tertiary/aromatic N) is 3. The normalized spacial score (nSPS) is 30.1. The molecule has 0 radical (unpaired) electrons. The van der Waals surface area contributed by atoms with E-state index in [2.05, 4.69) is 17.3 Å².